The average molecular weight is 241 g/mol. The maximum Gasteiger partial charge on any atom is 0.321 e. The third kappa shape index (κ3) is 2.80. The summed E-state index contributed by atoms with van der Waals surface area (Å²) in [6, 6.07) is -0.239. The summed E-state index contributed by atoms with van der Waals surface area (Å²) >= 11 is 0. The molecule has 4 nitrogen and oxygen atoms in total. The number of carboxylic acids is 1. The van der Waals surface area contributed by atoms with Crippen LogP contribution in [0, 0.1) is 11.8 Å². The quantitative estimate of drug-likeness (QED) is 0.689. The second-order valence-corrected chi connectivity index (χ2v) is 5.42. The summed E-state index contributed by atoms with van der Waals surface area (Å²) in [5.74, 6) is 0.376. The van der Waals surface area contributed by atoms with E-state index in [0.717, 1.165) is 38.8 Å². The van der Waals surface area contributed by atoms with Crippen LogP contribution in [0.15, 0.2) is 0 Å². The average Bonchev–Trinajstić information content (AvgIpc) is 2.83. The molecule has 1 saturated heterocycles. The fourth-order valence-electron chi connectivity index (χ4n) is 3.57. The molecule has 2 rings (SSSR count). The van der Waals surface area contributed by atoms with Gasteiger partial charge in [-0.05, 0) is 50.5 Å². The van der Waals surface area contributed by atoms with Crippen LogP contribution in [0.25, 0.3) is 0 Å². The Kier molecular flexibility index (Phi) is 4.40. The van der Waals surface area contributed by atoms with E-state index in [4.69, 9.17) is 5.11 Å². The van der Waals surface area contributed by atoms with E-state index in [1.165, 1.54) is 12.8 Å². The number of rotatable bonds is 6. The van der Waals surface area contributed by atoms with Crippen molar-refractivity contribution in [1.82, 2.24) is 4.90 Å². The van der Waals surface area contributed by atoms with Crippen molar-refractivity contribution >= 4 is 5.97 Å². The van der Waals surface area contributed by atoms with Gasteiger partial charge < -0.3 is 10.2 Å². The van der Waals surface area contributed by atoms with Gasteiger partial charge >= 0.3 is 5.97 Å². The molecule has 2 N–H and O–H groups in total. The lowest BCUT2D eigenvalue weighted by Crippen LogP contribution is -2.40. The van der Waals surface area contributed by atoms with Crippen molar-refractivity contribution in [2.24, 2.45) is 11.8 Å². The number of unbranched alkanes of at least 4 members (excludes halogenated alkanes) is 2. The van der Waals surface area contributed by atoms with Crippen molar-refractivity contribution in [3.63, 3.8) is 0 Å². The highest BCUT2D eigenvalue weighted by molar-refractivity contribution is 5.74. The number of aliphatic hydroxyl groups is 1. The molecule has 0 amide bonds. The molecular formula is C13H23NO3. The number of likely N-dealkylation sites (tertiary alicyclic amines) is 1. The monoisotopic (exact) mass is 241 g/mol. The third-order valence-corrected chi connectivity index (χ3v) is 4.34. The number of aliphatic carboxylic acids is 1. The van der Waals surface area contributed by atoms with Gasteiger partial charge in [0, 0.05) is 13.2 Å². The summed E-state index contributed by atoms with van der Waals surface area (Å²) in [5, 5.41) is 18.1. The van der Waals surface area contributed by atoms with Crippen LogP contribution in [0.1, 0.15) is 38.5 Å². The number of carbonyl (C=O) groups is 1. The van der Waals surface area contributed by atoms with E-state index in [-0.39, 0.29) is 12.6 Å². The van der Waals surface area contributed by atoms with E-state index in [2.05, 4.69) is 4.90 Å². The summed E-state index contributed by atoms with van der Waals surface area (Å²) in [4.78, 5) is 13.5. The molecule has 4 heteroatoms. The third-order valence-electron chi connectivity index (χ3n) is 4.34. The van der Waals surface area contributed by atoms with Crippen molar-refractivity contribution < 1.29 is 15.0 Å². The summed E-state index contributed by atoms with van der Waals surface area (Å²) in [6.45, 7) is 2.10. The van der Waals surface area contributed by atoms with Gasteiger partial charge in [-0.3, -0.25) is 9.69 Å². The fourth-order valence-corrected chi connectivity index (χ4v) is 3.57. The molecule has 3 unspecified atom stereocenters. The molecule has 0 bridgehead atoms. The Bertz CT molecular complexity index is 269. The summed E-state index contributed by atoms with van der Waals surface area (Å²) < 4.78 is 0. The zero-order valence-electron chi connectivity index (χ0n) is 10.3. The van der Waals surface area contributed by atoms with Gasteiger partial charge in [0.1, 0.15) is 6.04 Å². The molecule has 3 atom stereocenters. The Labute approximate surface area is 103 Å². The Morgan fingerprint density at radius 3 is 2.76 bits per heavy atom. The molecule has 1 heterocycles. The van der Waals surface area contributed by atoms with Crippen LogP contribution in [0.2, 0.25) is 0 Å². The van der Waals surface area contributed by atoms with Crippen LogP contribution in [0.4, 0.5) is 0 Å². The lowest BCUT2D eigenvalue weighted by atomic mass is 9.94. The first-order chi connectivity index (χ1) is 8.24. The minimum absolute atomic E-state index is 0.239. The molecule has 0 spiro atoms. The summed E-state index contributed by atoms with van der Waals surface area (Å²) in [5.41, 5.74) is 0. The topological polar surface area (TPSA) is 60.8 Å². The van der Waals surface area contributed by atoms with Crippen LogP contribution in [-0.4, -0.2) is 46.8 Å². The highest BCUT2D eigenvalue weighted by Crippen LogP contribution is 2.42. The van der Waals surface area contributed by atoms with Gasteiger partial charge in [0.05, 0.1) is 0 Å². The van der Waals surface area contributed by atoms with Gasteiger partial charge in [-0.25, -0.2) is 0 Å². The zero-order valence-corrected chi connectivity index (χ0v) is 10.3. The molecular weight excluding hydrogens is 218 g/mol. The number of hydrogen-bond acceptors (Lipinski definition) is 3. The van der Waals surface area contributed by atoms with Gasteiger partial charge in [0.15, 0.2) is 0 Å². The van der Waals surface area contributed by atoms with Crippen LogP contribution in [-0.2, 0) is 4.79 Å². The maximum absolute atomic E-state index is 11.4. The molecule has 0 aromatic rings. The Morgan fingerprint density at radius 1 is 1.24 bits per heavy atom. The number of carboxylic acid groups (broad SMARTS) is 1. The van der Waals surface area contributed by atoms with E-state index < -0.39 is 5.97 Å². The zero-order chi connectivity index (χ0) is 12.3. The van der Waals surface area contributed by atoms with Gasteiger partial charge in [-0.15, -0.1) is 0 Å². The molecule has 2 fully saturated rings. The van der Waals surface area contributed by atoms with Crippen molar-refractivity contribution in [3.05, 3.63) is 0 Å². The Morgan fingerprint density at radius 2 is 2.06 bits per heavy atom. The second-order valence-electron chi connectivity index (χ2n) is 5.42. The largest absolute Gasteiger partial charge is 0.480 e. The smallest absolute Gasteiger partial charge is 0.321 e. The second kappa shape index (κ2) is 5.83. The van der Waals surface area contributed by atoms with Crippen LogP contribution in [0.3, 0.4) is 0 Å². The molecule has 17 heavy (non-hydrogen) atoms. The van der Waals surface area contributed by atoms with Crippen LogP contribution in [0.5, 0.6) is 0 Å². The van der Waals surface area contributed by atoms with E-state index in [0.29, 0.717) is 11.8 Å². The number of fused-ring (bicyclic) bond motifs is 1. The summed E-state index contributed by atoms with van der Waals surface area (Å²) in [7, 11) is 0. The van der Waals surface area contributed by atoms with E-state index in [1.807, 2.05) is 0 Å². The minimum atomic E-state index is -0.637. The van der Waals surface area contributed by atoms with E-state index in [1.54, 1.807) is 0 Å². The Hall–Kier alpha value is -0.610. The lowest BCUT2D eigenvalue weighted by molar-refractivity contribution is -0.143. The highest BCUT2D eigenvalue weighted by Gasteiger charge is 2.47. The molecule has 98 valence electrons. The first-order valence-electron chi connectivity index (χ1n) is 6.81. The van der Waals surface area contributed by atoms with Crippen molar-refractivity contribution in [2.45, 2.75) is 44.6 Å². The Balaban J connectivity index is 1.86. The van der Waals surface area contributed by atoms with Gasteiger partial charge in [0.2, 0.25) is 0 Å². The fraction of sp³-hybridized carbons (Fsp3) is 0.923. The van der Waals surface area contributed by atoms with Gasteiger partial charge in [0.25, 0.3) is 0 Å². The predicted octanol–water partition coefficient (Wildman–Crippen LogP) is 1.33. The molecule has 0 aromatic carbocycles. The van der Waals surface area contributed by atoms with Crippen molar-refractivity contribution in [1.29, 1.82) is 0 Å². The SMILES string of the molecule is O=C(O)C1C2CCCC2CN1CCCCCO. The number of hydrogen-bond donors (Lipinski definition) is 2. The minimum Gasteiger partial charge on any atom is -0.480 e. The van der Waals surface area contributed by atoms with Crippen molar-refractivity contribution in [3.8, 4) is 0 Å². The summed E-state index contributed by atoms with van der Waals surface area (Å²) in [6.07, 6.45) is 6.34. The van der Waals surface area contributed by atoms with Crippen LogP contribution >= 0.6 is 0 Å². The highest BCUT2D eigenvalue weighted by atomic mass is 16.4. The molecule has 1 aliphatic carbocycles. The number of nitrogens with zero attached hydrogens (tertiary/aromatic N) is 1. The number of aliphatic hydroxyl groups excluding tert-OH is 1. The molecule has 2 aliphatic rings. The van der Waals surface area contributed by atoms with Gasteiger partial charge in [-0.1, -0.05) is 6.42 Å². The first-order valence-corrected chi connectivity index (χ1v) is 6.81. The van der Waals surface area contributed by atoms with Crippen molar-refractivity contribution in [2.75, 3.05) is 19.7 Å². The molecule has 0 aromatic heterocycles. The maximum atomic E-state index is 11.4. The van der Waals surface area contributed by atoms with E-state index >= 15 is 0 Å². The van der Waals surface area contributed by atoms with Gasteiger partial charge in [-0.2, -0.15) is 0 Å². The first kappa shape index (κ1) is 12.8. The predicted molar refractivity (Wildman–Crippen MR) is 64.8 cm³/mol. The normalized spacial score (nSPS) is 32.9. The van der Waals surface area contributed by atoms with E-state index in [9.17, 15) is 9.90 Å². The molecule has 1 saturated carbocycles. The van der Waals surface area contributed by atoms with Crippen LogP contribution < -0.4 is 0 Å². The molecule has 0 radical (unpaired) electrons. The lowest BCUT2D eigenvalue weighted by Gasteiger charge is -2.23. The standard InChI is InChI=1S/C13H23NO3/c15-8-3-1-2-7-14-9-10-5-4-6-11(10)12(14)13(16)17/h10-12,15H,1-9H2,(H,16,17). The molecule has 1 aliphatic heterocycles.